The van der Waals surface area contributed by atoms with Crippen molar-refractivity contribution in [3.05, 3.63) is 144 Å². The molecule has 4 heteroatoms. The van der Waals surface area contributed by atoms with Crippen molar-refractivity contribution in [2.75, 3.05) is 0 Å². The Hall–Kier alpha value is -4.96. The van der Waals surface area contributed by atoms with Gasteiger partial charge in [0.2, 0.25) is 5.88 Å². The van der Waals surface area contributed by atoms with Gasteiger partial charge in [0.25, 0.3) is 0 Å². The van der Waals surface area contributed by atoms with Crippen LogP contribution in [0.1, 0.15) is 15.9 Å². The molecular weight excluding hydrogens is 446 g/mol. The largest absolute Gasteiger partial charge is 0.438 e. The number of esters is 1. The summed E-state index contributed by atoms with van der Waals surface area (Å²) in [5.41, 5.74) is 4.11. The van der Waals surface area contributed by atoms with Gasteiger partial charge in [0, 0.05) is 11.1 Å². The lowest BCUT2D eigenvalue weighted by Crippen LogP contribution is -2.05. The molecule has 1 heterocycles. The summed E-state index contributed by atoms with van der Waals surface area (Å²) in [6.45, 7) is 0. The quantitative estimate of drug-likeness (QED) is 0.137. The molecule has 4 aromatic carbocycles. The minimum absolute atomic E-state index is 0.298. The molecular formula is C32H23NO3. The van der Waals surface area contributed by atoms with Gasteiger partial charge >= 0.3 is 5.97 Å². The number of aliphatic imine (C=N–C) groups is 1. The SMILES string of the molecule is O=C(OC(/C=N/c1oc(-c2ccccc2)cc1-c1ccccc1)=C/c1ccccc1)c1ccccc1. The van der Waals surface area contributed by atoms with Crippen molar-refractivity contribution in [2.24, 2.45) is 4.99 Å². The van der Waals surface area contributed by atoms with E-state index in [1.54, 1.807) is 30.3 Å². The van der Waals surface area contributed by atoms with Gasteiger partial charge in [-0.25, -0.2) is 9.79 Å². The summed E-state index contributed by atoms with van der Waals surface area (Å²) in [5, 5.41) is 0. The van der Waals surface area contributed by atoms with E-state index in [1.807, 2.05) is 103 Å². The average molecular weight is 470 g/mol. The highest BCUT2D eigenvalue weighted by Crippen LogP contribution is 2.38. The predicted molar refractivity (Wildman–Crippen MR) is 144 cm³/mol. The first-order valence-corrected chi connectivity index (χ1v) is 11.6. The second kappa shape index (κ2) is 11.0. The summed E-state index contributed by atoms with van der Waals surface area (Å²) in [7, 11) is 0. The Kier molecular flexibility index (Phi) is 6.96. The predicted octanol–water partition coefficient (Wildman–Crippen LogP) is 8.21. The second-order valence-corrected chi connectivity index (χ2v) is 8.03. The number of hydrogen-bond donors (Lipinski definition) is 0. The van der Waals surface area contributed by atoms with Crippen molar-refractivity contribution < 1.29 is 13.9 Å². The molecule has 5 rings (SSSR count). The number of carbonyl (C=O) groups excluding carboxylic acids is 1. The van der Waals surface area contributed by atoms with Crippen LogP contribution in [0.5, 0.6) is 0 Å². The summed E-state index contributed by atoms with van der Waals surface area (Å²) in [5.74, 6) is 0.968. The van der Waals surface area contributed by atoms with Gasteiger partial charge in [0.15, 0.2) is 0 Å². The molecule has 174 valence electrons. The topological polar surface area (TPSA) is 51.8 Å². The van der Waals surface area contributed by atoms with Gasteiger partial charge in [-0.15, -0.1) is 0 Å². The Bertz CT molecular complexity index is 1490. The summed E-state index contributed by atoms with van der Waals surface area (Å²) < 4.78 is 11.9. The highest BCUT2D eigenvalue weighted by Gasteiger charge is 2.15. The molecule has 0 amide bonds. The van der Waals surface area contributed by atoms with Gasteiger partial charge in [-0.3, -0.25) is 0 Å². The molecule has 0 saturated carbocycles. The number of benzene rings is 4. The third-order valence-electron chi connectivity index (χ3n) is 5.49. The fraction of sp³-hybridized carbons (Fsp3) is 0. The highest BCUT2D eigenvalue weighted by atomic mass is 16.5. The first kappa shape index (κ1) is 22.8. The first-order valence-electron chi connectivity index (χ1n) is 11.6. The Morgan fingerprint density at radius 3 is 1.89 bits per heavy atom. The van der Waals surface area contributed by atoms with E-state index in [2.05, 4.69) is 4.99 Å². The smallest absolute Gasteiger partial charge is 0.343 e. The maximum absolute atomic E-state index is 12.8. The van der Waals surface area contributed by atoms with Crippen molar-refractivity contribution >= 4 is 24.1 Å². The maximum Gasteiger partial charge on any atom is 0.343 e. The molecule has 5 aromatic rings. The lowest BCUT2D eigenvalue weighted by molar-refractivity contribution is 0.0648. The Morgan fingerprint density at radius 1 is 0.694 bits per heavy atom. The van der Waals surface area contributed by atoms with Crippen LogP contribution < -0.4 is 0 Å². The molecule has 0 fully saturated rings. The lowest BCUT2D eigenvalue weighted by Gasteiger charge is -2.05. The standard InChI is InChI=1S/C32H23NO3/c34-32(27-19-11-4-12-20-27)35-28(21-24-13-5-1-6-14-24)23-33-31-29(25-15-7-2-8-16-25)22-30(36-31)26-17-9-3-10-18-26/h1-23H/b28-21+,33-23+. The van der Waals surface area contributed by atoms with Crippen LogP contribution >= 0.6 is 0 Å². The number of allylic oxidation sites excluding steroid dienone is 1. The molecule has 0 saturated heterocycles. The third-order valence-corrected chi connectivity index (χ3v) is 5.49. The van der Waals surface area contributed by atoms with Crippen molar-refractivity contribution in [2.45, 2.75) is 0 Å². The van der Waals surface area contributed by atoms with E-state index < -0.39 is 5.97 Å². The number of ether oxygens (including phenoxy) is 1. The first-order chi connectivity index (χ1) is 17.8. The summed E-state index contributed by atoms with van der Waals surface area (Å²) in [6.07, 6.45) is 3.29. The monoisotopic (exact) mass is 469 g/mol. The summed E-state index contributed by atoms with van der Waals surface area (Å²) >= 11 is 0. The molecule has 0 N–H and O–H groups in total. The zero-order chi connectivity index (χ0) is 24.6. The van der Waals surface area contributed by atoms with E-state index in [0.717, 1.165) is 22.3 Å². The Labute approximate surface area is 209 Å². The van der Waals surface area contributed by atoms with Crippen LogP contribution in [-0.4, -0.2) is 12.2 Å². The zero-order valence-electron chi connectivity index (χ0n) is 19.5. The van der Waals surface area contributed by atoms with E-state index >= 15 is 0 Å². The number of nitrogens with zero attached hydrogens (tertiary/aromatic N) is 1. The molecule has 36 heavy (non-hydrogen) atoms. The number of furan rings is 1. The fourth-order valence-corrected chi connectivity index (χ4v) is 3.72. The van der Waals surface area contributed by atoms with Gasteiger partial charge < -0.3 is 9.15 Å². The van der Waals surface area contributed by atoms with Crippen LogP contribution in [0.4, 0.5) is 5.88 Å². The van der Waals surface area contributed by atoms with Crippen LogP contribution in [0.2, 0.25) is 0 Å². The molecule has 0 aliphatic heterocycles. The average Bonchev–Trinajstić information content (AvgIpc) is 3.38. The highest BCUT2D eigenvalue weighted by molar-refractivity contribution is 5.95. The zero-order valence-corrected chi connectivity index (χ0v) is 19.5. The minimum atomic E-state index is -0.461. The molecule has 0 unspecified atom stereocenters. The van der Waals surface area contributed by atoms with E-state index in [-0.39, 0.29) is 0 Å². The summed E-state index contributed by atoms with van der Waals surface area (Å²) in [4.78, 5) is 17.4. The van der Waals surface area contributed by atoms with Crippen molar-refractivity contribution in [1.82, 2.24) is 0 Å². The van der Waals surface area contributed by atoms with E-state index in [4.69, 9.17) is 9.15 Å². The normalized spacial score (nSPS) is 11.5. The molecule has 0 atom stereocenters. The Morgan fingerprint density at radius 2 is 1.25 bits per heavy atom. The van der Waals surface area contributed by atoms with Gasteiger partial charge in [0.1, 0.15) is 11.5 Å². The van der Waals surface area contributed by atoms with E-state index in [9.17, 15) is 4.79 Å². The van der Waals surface area contributed by atoms with Crippen molar-refractivity contribution in [3.63, 3.8) is 0 Å². The molecule has 0 radical (unpaired) electrons. The third kappa shape index (κ3) is 5.57. The minimum Gasteiger partial charge on any atom is -0.438 e. The van der Waals surface area contributed by atoms with E-state index in [1.165, 1.54) is 6.21 Å². The van der Waals surface area contributed by atoms with Crippen LogP contribution in [0.15, 0.2) is 143 Å². The second-order valence-electron chi connectivity index (χ2n) is 8.03. The van der Waals surface area contributed by atoms with Crippen LogP contribution in [0, 0.1) is 0 Å². The Balaban J connectivity index is 1.53. The van der Waals surface area contributed by atoms with E-state index in [0.29, 0.717) is 23.0 Å². The van der Waals surface area contributed by atoms with Gasteiger partial charge in [0.05, 0.1) is 11.8 Å². The molecule has 1 aromatic heterocycles. The van der Waals surface area contributed by atoms with Gasteiger partial charge in [-0.05, 0) is 35.4 Å². The fourth-order valence-electron chi connectivity index (χ4n) is 3.72. The molecule has 0 aliphatic rings. The molecule has 0 bridgehead atoms. The van der Waals surface area contributed by atoms with Crippen molar-refractivity contribution in [3.8, 4) is 22.5 Å². The van der Waals surface area contributed by atoms with Gasteiger partial charge in [-0.2, -0.15) is 0 Å². The molecule has 0 spiro atoms. The maximum atomic E-state index is 12.8. The summed E-state index contributed by atoms with van der Waals surface area (Å²) in [6, 6.07) is 40.3. The van der Waals surface area contributed by atoms with Crippen LogP contribution in [-0.2, 0) is 4.74 Å². The van der Waals surface area contributed by atoms with Crippen LogP contribution in [0.3, 0.4) is 0 Å². The lowest BCUT2D eigenvalue weighted by atomic mass is 10.1. The van der Waals surface area contributed by atoms with Crippen LogP contribution in [0.25, 0.3) is 28.5 Å². The molecule has 4 nitrogen and oxygen atoms in total. The number of rotatable bonds is 7. The van der Waals surface area contributed by atoms with Crippen molar-refractivity contribution in [1.29, 1.82) is 0 Å². The number of hydrogen-bond acceptors (Lipinski definition) is 4. The number of carbonyl (C=O) groups is 1. The molecule has 0 aliphatic carbocycles. The van der Waals surface area contributed by atoms with Gasteiger partial charge in [-0.1, -0.05) is 109 Å².